The van der Waals surface area contributed by atoms with Crippen LogP contribution in [0.1, 0.15) is 18.4 Å². The third-order valence-electron chi connectivity index (χ3n) is 3.75. The summed E-state index contributed by atoms with van der Waals surface area (Å²) in [5, 5.41) is 2.65. The molecule has 1 unspecified atom stereocenters. The highest BCUT2D eigenvalue weighted by Crippen LogP contribution is 2.25. The van der Waals surface area contributed by atoms with Gasteiger partial charge in [0.1, 0.15) is 5.75 Å². The van der Waals surface area contributed by atoms with Gasteiger partial charge >= 0.3 is 6.61 Å². The van der Waals surface area contributed by atoms with Crippen LogP contribution in [0.2, 0.25) is 0 Å². The molecule has 0 aliphatic carbocycles. The molecule has 7 heteroatoms. The van der Waals surface area contributed by atoms with Gasteiger partial charge in [0.05, 0.1) is 6.04 Å². The molecule has 0 bridgehead atoms. The zero-order valence-electron chi connectivity index (χ0n) is 12.4. The minimum atomic E-state index is -2.91. The number of benzene rings is 1. The highest BCUT2D eigenvalue weighted by atomic mass is 19.3. The SMILES string of the molecule is Cc1ccc(NC(=O)C(N)C2CCOCC2)cc1OC(F)F. The molecule has 1 aliphatic heterocycles. The highest BCUT2D eigenvalue weighted by Gasteiger charge is 2.26. The van der Waals surface area contributed by atoms with E-state index in [9.17, 15) is 13.6 Å². The molecule has 0 aromatic heterocycles. The van der Waals surface area contributed by atoms with Crippen LogP contribution in [0.25, 0.3) is 0 Å². The largest absolute Gasteiger partial charge is 0.434 e. The molecule has 1 aromatic carbocycles. The lowest BCUT2D eigenvalue weighted by Gasteiger charge is -2.26. The molecule has 22 heavy (non-hydrogen) atoms. The van der Waals surface area contributed by atoms with Gasteiger partial charge in [-0.1, -0.05) is 6.07 Å². The Morgan fingerprint density at radius 2 is 2.09 bits per heavy atom. The summed E-state index contributed by atoms with van der Waals surface area (Å²) in [5.41, 5.74) is 6.91. The number of hydrogen-bond acceptors (Lipinski definition) is 4. The van der Waals surface area contributed by atoms with E-state index in [1.165, 1.54) is 6.07 Å². The van der Waals surface area contributed by atoms with Gasteiger partial charge in [-0.2, -0.15) is 8.78 Å². The van der Waals surface area contributed by atoms with E-state index in [1.54, 1.807) is 19.1 Å². The molecular formula is C15H20F2N2O3. The molecule has 1 heterocycles. The van der Waals surface area contributed by atoms with E-state index in [4.69, 9.17) is 10.5 Å². The zero-order chi connectivity index (χ0) is 16.1. The molecule has 0 saturated carbocycles. The summed E-state index contributed by atoms with van der Waals surface area (Å²) in [4.78, 5) is 12.2. The number of nitrogens with two attached hydrogens (primary N) is 1. The van der Waals surface area contributed by atoms with Crippen LogP contribution in [0.3, 0.4) is 0 Å². The van der Waals surface area contributed by atoms with E-state index in [-0.39, 0.29) is 17.6 Å². The Morgan fingerprint density at radius 3 is 2.73 bits per heavy atom. The summed E-state index contributed by atoms with van der Waals surface area (Å²) in [6.45, 7) is -0.0588. The predicted octanol–water partition coefficient (Wildman–Crippen LogP) is 2.29. The Labute approximate surface area is 127 Å². The predicted molar refractivity (Wildman–Crippen MR) is 78.0 cm³/mol. The van der Waals surface area contributed by atoms with Crippen LogP contribution in [-0.4, -0.2) is 31.8 Å². The van der Waals surface area contributed by atoms with E-state index < -0.39 is 12.7 Å². The minimum absolute atomic E-state index is 0.0347. The molecule has 1 aromatic rings. The molecule has 5 nitrogen and oxygen atoms in total. The number of halogens is 2. The topological polar surface area (TPSA) is 73.6 Å². The van der Waals surface area contributed by atoms with Crippen LogP contribution in [0, 0.1) is 12.8 Å². The molecule has 0 radical (unpaired) electrons. The minimum Gasteiger partial charge on any atom is -0.434 e. The lowest BCUT2D eigenvalue weighted by molar-refractivity contribution is -0.119. The molecule has 122 valence electrons. The second kappa shape index (κ2) is 7.51. The smallest absolute Gasteiger partial charge is 0.387 e. The summed E-state index contributed by atoms with van der Waals surface area (Å²) in [6, 6.07) is 3.95. The number of carbonyl (C=O) groups is 1. The molecule has 1 atom stereocenters. The summed E-state index contributed by atoms with van der Waals surface area (Å²) in [6.07, 6.45) is 1.48. The Morgan fingerprint density at radius 1 is 1.41 bits per heavy atom. The second-order valence-corrected chi connectivity index (χ2v) is 5.32. The van der Waals surface area contributed by atoms with E-state index in [1.807, 2.05) is 0 Å². The van der Waals surface area contributed by atoms with Gasteiger partial charge in [-0.15, -0.1) is 0 Å². The molecular weight excluding hydrogens is 294 g/mol. The standard InChI is InChI=1S/C15H20F2N2O3/c1-9-2-3-11(8-12(9)22-15(16)17)19-14(20)13(18)10-4-6-21-7-5-10/h2-3,8,10,13,15H,4-7,18H2,1H3,(H,19,20). The van der Waals surface area contributed by atoms with Crippen molar-refractivity contribution in [3.63, 3.8) is 0 Å². The Balaban J connectivity index is 2.01. The van der Waals surface area contributed by atoms with Gasteiger partial charge in [-0.25, -0.2) is 0 Å². The van der Waals surface area contributed by atoms with Crippen molar-refractivity contribution in [1.82, 2.24) is 0 Å². The van der Waals surface area contributed by atoms with Crippen LogP contribution >= 0.6 is 0 Å². The maximum atomic E-state index is 12.3. The maximum absolute atomic E-state index is 12.3. The lowest BCUT2D eigenvalue weighted by Crippen LogP contribution is -2.44. The summed E-state index contributed by atoms with van der Waals surface area (Å²) in [7, 11) is 0. The van der Waals surface area contributed by atoms with Gasteiger partial charge in [0.15, 0.2) is 0 Å². The van der Waals surface area contributed by atoms with Crippen molar-refractivity contribution in [3.8, 4) is 5.75 Å². The fraction of sp³-hybridized carbons (Fsp3) is 0.533. The number of hydrogen-bond donors (Lipinski definition) is 2. The quantitative estimate of drug-likeness (QED) is 0.874. The van der Waals surface area contributed by atoms with Gasteiger partial charge in [0, 0.05) is 25.0 Å². The fourth-order valence-corrected chi connectivity index (χ4v) is 2.42. The monoisotopic (exact) mass is 314 g/mol. The number of amides is 1. The van der Waals surface area contributed by atoms with Crippen molar-refractivity contribution in [3.05, 3.63) is 23.8 Å². The molecule has 2 rings (SSSR count). The van der Waals surface area contributed by atoms with Crippen LogP contribution < -0.4 is 15.8 Å². The van der Waals surface area contributed by atoms with Crippen molar-refractivity contribution >= 4 is 11.6 Å². The normalized spacial score (nSPS) is 17.3. The highest BCUT2D eigenvalue weighted by molar-refractivity contribution is 5.95. The number of ether oxygens (including phenoxy) is 2. The molecule has 0 spiro atoms. The van der Waals surface area contributed by atoms with Gasteiger partial charge in [0.25, 0.3) is 0 Å². The average molecular weight is 314 g/mol. The Hall–Kier alpha value is -1.73. The van der Waals surface area contributed by atoms with Crippen molar-refractivity contribution in [1.29, 1.82) is 0 Å². The van der Waals surface area contributed by atoms with Gasteiger partial charge in [-0.3, -0.25) is 4.79 Å². The summed E-state index contributed by atoms with van der Waals surface area (Å²) < 4.78 is 34.3. The summed E-state index contributed by atoms with van der Waals surface area (Å²) in [5.74, 6) is -0.234. The first-order valence-electron chi connectivity index (χ1n) is 7.17. The number of anilines is 1. The molecule has 1 fully saturated rings. The first-order valence-corrected chi connectivity index (χ1v) is 7.17. The number of nitrogens with one attached hydrogen (secondary N) is 1. The zero-order valence-corrected chi connectivity index (χ0v) is 12.4. The molecule has 1 amide bonds. The third kappa shape index (κ3) is 4.38. The maximum Gasteiger partial charge on any atom is 0.387 e. The van der Waals surface area contributed by atoms with Crippen molar-refractivity contribution in [2.24, 2.45) is 11.7 Å². The molecule has 3 N–H and O–H groups in total. The van der Waals surface area contributed by atoms with Crippen molar-refractivity contribution in [2.75, 3.05) is 18.5 Å². The second-order valence-electron chi connectivity index (χ2n) is 5.32. The number of rotatable bonds is 5. The van der Waals surface area contributed by atoms with Crippen molar-refractivity contribution in [2.45, 2.75) is 32.4 Å². The Bertz CT molecular complexity index is 520. The van der Waals surface area contributed by atoms with E-state index >= 15 is 0 Å². The molecule has 1 saturated heterocycles. The summed E-state index contributed by atoms with van der Waals surface area (Å²) >= 11 is 0. The number of carbonyl (C=O) groups excluding carboxylic acids is 1. The van der Waals surface area contributed by atoms with Gasteiger partial charge in [0.2, 0.25) is 5.91 Å². The van der Waals surface area contributed by atoms with Crippen LogP contribution in [-0.2, 0) is 9.53 Å². The molecule has 1 aliphatic rings. The van der Waals surface area contributed by atoms with E-state index in [2.05, 4.69) is 10.1 Å². The number of aryl methyl sites for hydroxylation is 1. The van der Waals surface area contributed by atoms with Gasteiger partial charge in [-0.05, 0) is 37.3 Å². The Kier molecular flexibility index (Phi) is 5.68. The fourth-order valence-electron chi connectivity index (χ4n) is 2.42. The number of alkyl halides is 2. The average Bonchev–Trinajstić information content (AvgIpc) is 2.50. The third-order valence-corrected chi connectivity index (χ3v) is 3.75. The van der Waals surface area contributed by atoms with E-state index in [0.717, 1.165) is 12.8 Å². The van der Waals surface area contributed by atoms with E-state index in [0.29, 0.717) is 24.5 Å². The van der Waals surface area contributed by atoms with Crippen LogP contribution in [0.15, 0.2) is 18.2 Å². The van der Waals surface area contributed by atoms with Crippen LogP contribution in [0.4, 0.5) is 14.5 Å². The lowest BCUT2D eigenvalue weighted by atomic mass is 9.92. The van der Waals surface area contributed by atoms with Gasteiger partial charge < -0.3 is 20.5 Å². The first-order chi connectivity index (χ1) is 10.5. The first kappa shape index (κ1) is 16.6. The van der Waals surface area contributed by atoms with Crippen LogP contribution in [0.5, 0.6) is 5.75 Å². The van der Waals surface area contributed by atoms with Crippen molar-refractivity contribution < 1.29 is 23.0 Å².